The van der Waals surface area contributed by atoms with Crippen LogP contribution in [0.4, 0.5) is 5.69 Å². The van der Waals surface area contributed by atoms with Crippen LogP contribution in [0.5, 0.6) is 5.75 Å². The topological polar surface area (TPSA) is 38.3 Å². The lowest BCUT2D eigenvalue weighted by molar-refractivity contribution is -0.139. The maximum absolute atomic E-state index is 11.5. The first-order valence-corrected chi connectivity index (χ1v) is 4.61. The zero-order valence-electron chi connectivity index (χ0n) is 8.55. The van der Waals surface area contributed by atoms with Gasteiger partial charge in [-0.15, -0.1) is 0 Å². The number of rotatable bonds is 0. The Labute approximate surface area is 83.1 Å². The molecule has 74 valence electrons. The number of hydrogen-bond acceptors (Lipinski definition) is 3. The number of esters is 1. The molecule has 0 unspecified atom stereocenters. The Morgan fingerprint density at radius 3 is 2.79 bits per heavy atom. The van der Waals surface area contributed by atoms with Crippen LogP contribution in [-0.2, 0) is 4.79 Å². The van der Waals surface area contributed by atoms with E-state index in [2.05, 4.69) is 5.32 Å². The van der Waals surface area contributed by atoms with Crippen molar-refractivity contribution in [2.45, 2.75) is 26.3 Å². The third kappa shape index (κ3) is 1.25. The molecule has 0 aliphatic carbocycles. The summed E-state index contributed by atoms with van der Waals surface area (Å²) in [4.78, 5) is 11.5. The average Bonchev–Trinajstić information content (AvgIpc) is 2.08. The molecule has 3 nitrogen and oxygen atoms in total. The molecule has 1 aliphatic rings. The zero-order chi connectivity index (χ0) is 10.3. The van der Waals surface area contributed by atoms with Gasteiger partial charge in [0.1, 0.15) is 5.54 Å². The lowest BCUT2D eigenvalue weighted by Crippen LogP contribution is -2.46. The van der Waals surface area contributed by atoms with E-state index in [1.165, 1.54) is 0 Å². The third-order valence-corrected chi connectivity index (χ3v) is 2.36. The van der Waals surface area contributed by atoms with Gasteiger partial charge in [-0.2, -0.15) is 0 Å². The Morgan fingerprint density at radius 2 is 2.07 bits per heavy atom. The highest BCUT2D eigenvalue weighted by Crippen LogP contribution is 2.35. The summed E-state index contributed by atoms with van der Waals surface area (Å²) in [6.07, 6.45) is 0. The van der Waals surface area contributed by atoms with Crippen molar-refractivity contribution in [1.82, 2.24) is 0 Å². The first-order valence-electron chi connectivity index (χ1n) is 4.61. The molecule has 0 atom stereocenters. The Balaban J connectivity index is 2.51. The van der Waals surface area contributed by atoms with Gasteiger partial charge in [0.05, 0.1) is 5.69 Å². The molecule has 1 N–H and O–H groups in total. The molecule has 1 aromatic rings. The van der Waals surface area contributed by atoms with E-state index in [9.17, 15) is 4.79 Å². The fourth-order valence-electron chi connectivity index (χ4n) is 1.49. The van der Waals surface area contributed by atoms with Crippen molar-refractivity contribution in [1.29, 1.82) is 0 Å². The van der Waals surface area contributed by atoms with Crippen LogP contribution < -0.4 is 10.1 Å². The van der Waals surface area contributed by atoms with Crippen LogP contribution in [0.1, 0.15) is 19.4 Å². The van der Waals surface area contributed by atoms with Crippen LogP contribution in [0.3, 0.4) is 0 Å². The fourth-order valence-corrected chi connectivity index (χ4v) is 1.49. The van der Waals surface area contributed by atoms with Crippen molar-refractivity contribution < 1.29 is 9.53 Å². The van der Waals surface area contributed by atoms with Crippen LogP contribution in [-0.4, -0.2) is 11.5 Å². The summed E-state index contributed by atoms with van der Waals surface area (Å²) < 4.78 is 5.28. The summed E-state index contributed by atoms with van der Waals surface area (Å²) in [5.74, 6) is 0.413. The summed E-state index contributed by atoms with van der Waals surface area (Å²) in [6.45, 7) is 5.54. The second kappa shape index (κ2) is 2.74. The minimum Gasteiger partial charge on any atom is -0.422 e. The summed E-state index contributed by atoms with van der Waals surface area (Å²) in [6, 6.07) is 5.78. The maximum atomic E-state index is 11.5. The normalized spacial score (nSPS) is 18.1. The predicted octanol–water partition coefficient (Wildman–Crippen LogP) is 2.10. The van der Waals surface area contributed by atoms with Crippen molar-refractivity contribution in [3.63, 3.8) is 0 Å². The SMILES string of the molecule is Cc1cccc2c1OC(=O)C(C)(C)N2. The molecule has 0 radical (unpaired) electrons. The molecule has 0 bridgehead atoms. The Hall–Kier alpha value is -1.51. The lowest BCUT2D eigenvalue weighted by atomic mass is 10.0. The van der Waals surface area contributed by atoms with Crippen LogP contribution in [0, 0.1) is 6.92 Å². The summed E-state index contributed by atoms with van der Waals surface area (Å²) in [5.41, 5.74) is 1.22. The van der Waals surface area contributed by atoms with Gasteiger partial charge in [-0.3, -0.25) is 0 Å². The molecular weight excluding hydrogens is 178 g/mol. The number of fused-ring (bicyclic) bond motifs is 1. The van der Waals surface area contributed by atoms with E-state index in [1.54, 1.807) is 13.8 Å². The molecule has 1 aromatic carbocycles. The van der Waals surface area contributed by atoms with Gasteiger partial charge < -0.3 is 10.1 Å². The highest BCUT2D eigenvalue weighted by atomic mass is 16.5. The van der Waals surface area contributed by atoms with Gasteiger partial charge in [0.15, 0.2) is 5.75 Å². The van der Waals surface area contributed by atoms with Crippen molar-refractivity contribution in [3.05, 3.63) is 23.8 Å². The van der Waals surface area contributed by atoms with Gasteiger partial charge in [0.2, 0.25) is 0 Å². The first-order chi connectivity index (χ1) is 6.50. The van der Waals surface area contributed by atoms with Crippen molar-refractivity contribution in [2.75, 3.05) is 5.32 Å². The van der Waals surface area contributed by atoms with Crippen LogP contribution in [0.2, 0.25) is 0 Å². The van der Waals surface area contributed by atoms with E-state index < -0.39 is 5.54 Å². The summed E-state index contributed by atoms with van der Waals surface area (Å²) >= 11 is 0. The monoisotopic (exact) mass is 191 g/mol. The van der Waals surface area contributed by atoms with Gasteiger partial charge in [-0.25, -0.2) is 4.79 Å². The Kier molecular flexibility index (Phi) is 1.77. The highest BCUT2D eigenvalue weighted by molar-refractivity contribution is 5.90. The number of carbonyl (C=O) groups excluding carboxylic acids is 1. The van der Waals surface area contributed by atoms with Crippen LogP contribution in [0.25, 0.3) is 0 Å². The number of hydrogen-bond donors (Lipinski definition) is 1. The number of para-hydroxylation sites is 1. The predicted molar refractivity (Wildman–Crippen MR) is 54.5 cm³/mol. The van der Waals surface area contributed by atoms with Gasteiger partial charge in [0, 0.05) is 0 Å². The van der Waals surface area contributed by atoms with Crippen LogP contribution >= 0.6 is 0 Å². The second-order valence-corrected chi connectivity index (χ2v) is 4.09. The summed E-state index contributed by atoms with van der Waals surface area (Å²) in [5, 5.41) is 3.15. The van der Waals surface area contributed by atoms with Crippen molar-refractivity contribution in [3.8, 4) is 5.75 Å². The molecule has 0 saturated heterocycles. The molecule has 3 heteroatoms. The minimum absolute atomic E-state index is 0.237. The van der Waals surface area contributed by atoms with E-state index in [4.69, 9.17) is 4.74 Å². The highest BCUT2D eigenvalue weighted by Gasteiger charge is 2.35. The van der Waals surface area contributed by atoms with E-state index in [0.29, 0.717) is 5.75 Å². The van der Waals surface area contributed by atoms with Gasteiger partial charge >= 0.3 is 5.97 Å². The maximum Gasteiger partial charge on any atom is 0.336 e. The quantitative estimate of drug-likeness (QED) is 0.504. The number of carbonyl (C=O) groups is 1. The van der Waals surface area contributed by atoms with E-state index >= 15 is 0 Å². The van der Waals surface area contributed by atoms with Gasteiger partial charge in [0.25, 0.3) is 0 Å². The molecule has 0 amide bonds. The number of aryl methyl sites for hydroxylation is 1. The number of anilines is 1. The zero-order valence-corrected chi connectivity index (χ0v) is 8.55. The molecule has 0 fully saturated rings. The standard InChI is InChI=1S/C11H13NO2/c1-7-5-4-6-8-9(7)14-10(13)11(2,3)12-8/h4-6,12H,1-3H3. The molecule has 1 heterocycles. The fraction of sp³-hybridized carbons (Fsp3) is 0.364. The number of nitrogens with one attached hydrogen (secondary N) is 1. The number of benzene rings is 1. The molecule has 1 aliphatic heterocycles. The van der Waals surface area contributed by atoms with Gasteiger partial charge in [-0.1, -0.05) is 12.1 Å². The largest absolute Gasteiger partial charge is 0.422 e. The van der Waals surface area contributed by atoms with E-state index in [0.717, 1.165) is 11.3 Å². The molecule has 2 rings (SSSR count). The number of ether oxygens (including phenoxy) is 1. The van der Waals surface area contributed by atoms with Crippen LogP contribution in [0.15, 0.2) is 18.2 Å². The smallest absolute Gasteiger partial charge is 0.336 e. The molecule has 0 saturated carbocycles. The minimum atomic E-state index is -0.638. The lowest BCUT2D eigenvalue weighted by Gasteiger charge is -2.31. The molecular formula is C11H13NO2. The van der Waals surface area contributed by atoms with Crippen molar-refractivity contribution >= 4 is 11.7 Å². The van der Waals surface area contributed by atoms with E-state index in [-0.39, 0.29) is 5.97 Å². The summed E-state index contributed by atoms with van der Waals surface area (Å²) in [7, 11) is 0. The Bertz CT molecular complexity index is 396. The Morgan fingerprint density at radius 1 is 1.36 bits per heavy atom. The second-order valence-electron chi connectivity index (χ2n) is 4.09. The molecule has 0 spiro atoms. The third-order valence-electron chi connectivity index (χ3n) is 2.36. The first kappa shape index (κ1) is 9.06. The van der Waals surface area contributed by atoms with Crippen molar-refractivity contribution in [2.24, 2.45) is 0 Å². The van der Waals surface area contributed by atoms with E-state index in [1.807, 2.05) is 25.1 Å². The average molecular weight is 191 g/mol. The molecule has 14 heavy (non-hydrogen) atoms. The molecule has 0 aromatic heterocycles. The van der Waals surface area contributed by atoms with Gasteiger partial charge in [-0.05, 0) is 32.4 Å².